The van der Waals surface area contributed by atoms with Gasteiger partial charge in [0.2, 0.25) is 0 Å². The van der Waals surface area contributed by atoms with E-state index in [1.165, 1.54) is 16.7 Å². The van der Waals surface area contributed by atoms with Gasteiger partial charge in [-0.2, -0.15) is 0 Å². The van der Waals surface area contributed by atoms with Crippen LogP contribution < -0.4 is 15.2 Å². The van der Waals surface area contributed by atoms with Crippen molar-refractivity contribution < 1.29 is 9.47 Å². The molecule has 258 valence electrons. The van der Waals surface area contributed by atoms with Crippen LogP contribution in [-0.4, -0.2) is 9.97 Å². The summed E-state index contributed by atoms with van der Waals surface area (Å²) in [5.41, 5.74) is 20.2. The van der Waals surface area contributed by atoms with Crippen molar-refractivity contribution in [2.45, 2.75) is 19.3 Å². The van der Waals surface area contributed by atoms with Crippen molar-refractivity contribution in [3.63, 3.8) is 0 Å². The monoisotopic (exact) mass is 697 g/mol. The van der Waals surface area contributed by atoms with Crippen molar-refractivity contribution in [1.29, 1.82) is 0 Å². The standard InChI is InChI=1S/C49H35N3O2/c1-49(2)39-22-7-6-20-38(39)45-40(49)24-25-44-47(45)54-43-23-11-21-37(46(43)53-44)33-16-9-18-35(27-33)48-51-41(30-12-4-3-5-13-30)29-42(52-48)34-17-8-14-31(26-34)32-15-10-19-36(50)28-32/h3-29H,50H2,1-2H3. The Kier molecular flexibility index (Phi) is 7.24. The van der Waals surface area contributed by atoms with Gasteiger partial charge in [0.05, 0.1) is 11.4 Å². The summed E-state index contributed by atoms with van der Waals surface area (Å²) in [6.07, 6.45) is 0. The molecular weight excluding hydrogens is 663 g/mol. The van der Waals surface area contributed by atoms with Gasteiger partial charge in [0.1, 0.15) is 0 Å². The van der Waals surface area contributed by atoms with Crippen LogP contribution in [0.4, 0.5) is 5.69 Å². The van der Waals surface area contributed by atoms with Crippen molar-refractivity contribution in [1.82, 2.24) is 9.97 Å². The molecule has 1 aliphatic heterocycles. The molecule has 0 spiro atoms. The summed E-state index contributed by atoms with van der Waals surface area (Å²) in [6, 6.07) is 55.9. The van der Waals surface area contributed by atoms with E-state index in [2.05, 4.69) is 117 Å². The Morgan fingerprint density at radius 1 is 0.444 bits per heavy atom. The van der Waals surface area contributed by atoms with Crippen molar-refractivity contribution >= 4 is 5.69 Å². The maximum absolute atomic E-state index is 6.77. The number of nitrogens with two attached hydrogens (primary N) is 1. The summed E-state index contributed by atoms with van der Waals surface area (Å²) in [5, 5.41) is 0. The van der Waals surface area contributed by atoms with E-state index in [4.69, 9.17) is 25.2 Å². The Balaban J connectivity index is 1.05. The van der Waals surface area contributed by atoms with Gasteiger partial charge in [-0.25, -0.2) is 9.97 Å². The average Bonchev–Trinajstić information content (AvgIpc) is 3.46. The molecule has 0 saturated heterocycles. The van der Waals surface area contributed by atoms with Crippen LogP contribution in [-0.2, 0) is 5.41 Å². The van der Waals surface area contributed by atoms with Crippen LogP contribution in [0.25, 0.3) is 67.3 Å². The molecule has 0 bridgehead atoms. The third-order valence-corrected chi connectivity index (χ3v) is 10.7. The molecule has 1 aliphatic carbocycles. The number of ether oxygens (including phenoxy) is 2. The van der Waals surface area contributed by atoms with E-state index in [0.717, 1.165) is 67.3 Å². The first-order valence-corrected chi connectivity index (χ1v) is 18.2. The quantitative estimate of drug-likeness (QED) is 0.181. The van der Waals surface area contributed by atoms with E-state index >= 15 is 0 Å². The SMILES string of the molecule is CC1(C)c2ccccc2-c2c1ccc1c2Oc2cccc(-c3cccc(-c4nc(-c5ccccc5)cc(-c5cccc(-c6cccc(N)c6)c5)n4)c3)c2O1. The summed E-state index contributed by atoms with van der Waals surface area (Å²) in [5.74, 6) is 3.48. The fourth-order valence-corrected chi connectivity index (χ4v) is 7.96. The van der Waals surface area contributed by atoms with Crippen LogP contribution in [0, 0.1) is 0 Å². The topological polar surface area (TPSA) is 70.3 Å². The normalized spacial score (nSPS) is 13.1. The second kappa shape index (κ2) is 12.3. The summed E-state index contributed by atoms with van der Waals surface area (Å²) < 4.78 is 13.5. The van der Waals surface area contributed by atoms with Crippen LogP contribution in [0.2, 0.25) is 0 Å². The zero-order chi connectivity index (χ0) is 36.4. The first-order valence-electron chi connectivity index (χ1n) is 18.2. The van der Waals surface area contributed by atoms with Crippen molar-refractivity contribution in [2.24, 2.45) is 0 Å². The lowest BCUT2D eigenvalue weighted by atomic mass is 9.82. The van der Waals surface area contributed by atoms with Crippen LogP contribution >= 0.6 is 0 Å². The van der Waals surface area contributed by atoms with E-state index < -0.39 is 0 Å². The number of para-hydroxylation sites is 1. The van der Waals surface area contributed by atoms with Gasteiger partial charge in [0.15, 0.2) is 28.8 Å². The molecule has 1 aromatic heterocycles. The third-order valence-electron chi connectivity index (χ3n) is 10.7. The van der Waals surface area contributed by atoms with Crippen LogP contribution in [0.1, 0.15) is 25.0 Å². The van der Waals surface area contributed by atoms with Gasteiger partial charge in [0.25, 0.3) is 0 Å². The second-order valence-corrected chi connectivity index (χ2v) is 14.4. The lowest BCUT2D eigenvalue weighted by molar-refractivity contribution is 0.361. The number of anilines is 1. The highest BCUT2D eigenvalue weighted by Gasteiger charge is 2.39. The lowest BCUT2D eigenvalue weighted by Crippen LogP contribution is -2.15. The maximum atomic E-state index is 6.77. The number of fused-ring (bicyclic) bond motifs is 6. The zero-order valence-corrected chi connectivity index (χ0v) is 29.9. The van der Waals surface area contributed by atoms with Crippen LogP contribution in [0.5, 0.6) is 23.0 Å². The fraction of sp³-hybridized carbons (Fsp3) is 0.0612. The number of nitrogen functional groups attached to an aromatic ring is 1. The number of aromatic nitrogens is 2. The van der Waals surface area contributed by atoms with Crippen LogP contribution in [0.15, 0.2) is 164 Å². The number of benzene rings is 7. The molecule has 0 fully saturated rings. The Morgan fingerprint density at radius 3 is 1.87 bits per heavy atom. The second-order valence-electron chi connectivity index (χ2n) is 14.4. The average molecular weight is 698 g/mol. The highest BCUT2D eigenvalue weighted by molar-refractivity contribution is 5.89. The summed E-state index contributed by atoms with van der Waals surface area (Å²) >= 11 is 0. The molecule has 5 nitrogen and oxygen atoms in total. The molecule has 0 unspecified atom stereocenters. The molecule has 8 aromatic rings. The minimum absolute atomic E-state index is 0.133. The van der Waals surface area contributed by atoms with Gasteiger partial charge in [-0.3, -0.25) is 0 Å². The highest BCUT2D eigenvalue weighted by atomic mass is 16.6. The third kappa shape index (κ3) is 5.24. The molecule has 5 heteroatoms. The van der Waals surface area contributed by atoms with Gasteiger partial charge in [-0.05, 0) is 75.8 Å². The Labute approximate surface area is 314 Å². The number of rotatable bonds is 5. The van der Waals surface area contributed by atoms with Gasteiger partial charge in [0, 0.05) is 38.9 Å². The Morgan fingerprint density at radius 2 is 1.04 bits per heavy atom. The Hall–Kier alpha value is -6.98. The van der Waals surface area contributed by atoms with E-state index in [1.54, 1.807) is 0 Å². The fourth-order valence-electron chi connectivity index (χ4n) is 7.96. The van der Waals surface area contributed by atoms with Gasteiger partial charge >= 0.3 is 0 Å². The molecule has 7 aromatic carbocycles. The molecule has 2 heterocycles. The largest absolute Gasteiger partial charge is 0.449 e. The minimum atomic E-state index is -0.133. The summed E-state index contributed by atoms with van der Waals surface area (Å²) in [7, 11) is 0. The van der Waals surface area contributed by atoms with E-state index in [-0.39, 0.29) is 5.41 Å². The molecule has 54 heavy (non-hydrogen) atoms. The molecule has 0 radical (unpaired) electrons. The minimum Gasteiger partial charge on any atom is -0.449 e. The highest BCUT2D eigenvalue weighted by Crippen LogP contribution is 2.59. The van der Waals surface area contributed by atoms with Gasteiger partial charge in [-0.1, -0.05) is 135 Å². The molecule has 0 saturated carbocycles. The number of nitrogens with zero attached hydrogens (tertiary/aromatic N) is 2. The number of hydrogen-bond acceptors (Lipinski definition) is 5. The van der Waals surface area contributed by atoms with E-state index in [0.29, 0.717) is 23.1 Å². The molecular formula is C49H35N3O2. The van der Waals surface area contributed by atoms with E-state index in [9.17, 15) is 0 Å². The number of hydrogen-bond donors (Lipinski definition) is 1. The molecule has 10 rings (SSSR count). The zero-order valence-electron chi connectivity index (χ0n) is 29.9. The molecule has 0 amide bonds. The van der Waals surface area contributed by atoms with Gasteiger partial charge < -0.3 is 15.2 Å². The molecule has 2 N–H and O–H groups in total. The lowest BCUT2D eigenvalue weighted by Gasteiger charge is -2.26. The van der Waals surface area contributed by atoms with Crippen molar-refractivity contribution in [3.05, 3.63) is 175 Å². The van der Waals surface area contributed by atoms with Crippen LogP contribution in [0.3, 0.4) is 0 Å². The van der Waals surface area contributed by atoms with E-state index in [1.807, 2.05) is 60.7 Å². The maximum Gasteiger partial charge on any atom is 0.178 e. The molecule has 0 atom stereocenters. The first kappa shape index (κ1) is 31.7. The smallest absolute Gasteiger partial charge is 0.178 e. The Bertz CT molecular complexity index is 2770. The molecule has 2 aliphatic rings. The van der Waals surface area contributed by atoms with Crippen molar-refractivity contribution in [3.8, 4) is 90.3 Å². The predicted octanol–water partition coefficient (Wildman–Crippen LogP) is 12.6. The van der Waals surface area contributed by atoms with Gasteiger partial charge in [-0.15, -0.1) is 0 Å². The summed E-state index contributed by atoms with van der Waals surface area (Å²) in [4.78, 5) is 10.3. The van der Waals surface area contributed by atoms with Crippen molar-refractivity contribution in [2.75, 3.05) is 5.73 Å². The predicted molar refractivity (Wildman–Crippen MR) is 218 cm³/mol. The summed E-state index contributed by atoms with van der Waals surface area (Å²) in [6.45, 7) is 4.54. The first-order chi connectivity index (χ1) is 26.4.